The summed E-state index contributed by atoms with van der Waals surface area (Å²) in [4.78, 5) is 14.9. The SMILES string of the molecule is O=c1c(N2CCC(O)(c3ccc(F)cc3)CC2)coc2cc(OCc3ccccc3)c(F)cc12. The number of fused-ring (bicyclic) bond motifs is 1. The van der Waals surface area contributed by atoms with Gasteiger partial charge in [0.05, 0.1) is 11.0 Å². The van der Waals surface area contributed by atoms with Crippen molar-refractivity contribution in [2.75, 3.05) is 18.0 Å². The summed E-state index contributed by atoms with van der Waals surface area (Å²) in [5.41, 5.74) is 0.637. The predicted octanol–water partition coefficient (Wildman–Crippen LogP) is 5.14. The van der Waals surface area contributed by atoms with Gasteiger partial charge in [0.2, 0.25) is 5.43 Å². The van der Waals surface area contributed by atoms with Crippen molar-refractivity contribution in [2.24, 2.45) is 0 Å². The minimum absolute atomic E-state index is 0.00888. The number of piperidine rings is 1. The van der Waals surface area contributed by atoms with Crippen molar-refractivity contribution in [2.45, 2.75) is 25.0 Å². The normalized spacial score (nSPS) is 15.4. The number of anilines is 1. The first-order valence-electron chi connectivity index (χ1n) is 11.1. The summed E-state index contributed by atoms with van der Waals surface area (Å²) < 4.78 is 39.2. The maximum Gasteiger partial charge on any atom is 0.216 e. The summed E-state index contributed by atoms with van der Waals surface area (Å²) in [5, 5.41) is 11.2. The molecule has 174 valence electrons. The van der Waals surface area contributed by atoms with Gasteiger partial charge in [0, 0.05) is 19.2 Å². The van der Waals surface area contributed by atoms with Gasteiger partial charge in [0.15, 0.2) is 11.6 Å². The summed E-state index contributed by atoms with van der Waals surface area (Å²) in [5.74, 6) is -0.994. The second kappa shape index (κ2) is 8.91. The van der Waals surface area contributed by atoms with Gasteiger partial charge < -0.3 is 19.2 Å². The minimum atomic E-state index is -1.10. The molecule has 0 saturated carbocycles. The summed E-state index contributed by atoms with van der Waals surface area (Å²) in [7, 11) is 0. The molecule has 3 aromatic carbocycles. The van der Waals surface area contributed by atoms with Crippen LogP contribution in [0.5, 0.6) is 5.75 Å². The molecule has 0 bridgehead atoms. The average Bonchev–Trinajstić information content (AvgIpc) is 2.85. The molecule has 7 heteroatoms. The molecule has 1 aromatic heterocycles. The second-order valence-corrected chi connectivity index (χ2v) is 8.53. The zero-order chi connectivity index (χ0) is 23.7. The molecular formula is C27H23F2NO4. The highest BCUT2D eigenvalue weighted by Gasteiger charge is 2.35. The average molecular weight is 463 g/mol. The van der Waals surface area contributed by atoms with E-state index in [2.05, 4.69) is 0 Å². The molecule has 5 rings (SSSR count). The smallest absolute Gasteiger partial charge is 0.216 e. The van der Waals surface area contributed by atoms with Gasteiger partial charge in [-0.1, -0.05) is 42.5 Å². The summed E-state index contributed by atoms with van der Waals surface area (Å²) in [6.45, 7) is 0.978. The molecule has 1 aliphatic heterocycles. The Morgan fingerprint density at radius 2 is 1.71 bits per heavy atom. The summed E-state index contributed by atoms with van der Waals surface area (Å²) >= 11 is 0. The van der Waals surface area contributed by atoms with E-state index in [0.717, 1.165) is 11.6 Å². The molecule has 1 fully saturated rings. The lowest BCUT2D eigenvalue weighted by Gasteiger charge is -2.39. The molecule has 1 saturated heterocycles. The molecule has 1 N–H and O–H groups in total. The molecule has 5 nitrogen and oxygen atoms in total. The Labute approximate surface area is 194 Å². The van der Waals surface area contributed by atoms with Crippen LogP contribution >= 0.6 is 0 Å². The van der Waals surface area contributed by atoms with Crippen LogP contribution in [0.3, 0.4) is 0 Å². The molecule has 0 aliphatic carbocycles. The lowest BCUT2D eigenvalue weighted by molar-refractivity contribution is 0.0116. The van der Waals surface area contributed by atoms with Crippen molar-refractivity contribution in [3.05, 3.63) is 106 Å². The predicted molar refractivity (Wildman–Crippen MR) is 125 cm³/mol. The number of halogens is 2. The van der Waals surface area contributed by atoms with Crippen molar-refractivity contribution < 1.29 is 23.0 Å². The largest absolute Gasteiger partial charge is 0.486 e. The van der Waals surface area contributed by atoms with E-state index >= 15 is 0 Å². The van der Waals surface area contributed by atoms with Crippen LogP contribution in [0.15, 0.2) is 82.2 Å². The van der Waals surface area contributed by atoms with Crippen molar-refractivity contribution in [3.8, 4) is 5.75 Å². The van der Waals surface area contributed by atoms with E-state index in [9.17, 15) is 18.7 Å². The Balaban J connectivity index is 1.35. The minimum Gasteiger partial charge on any atom is -0.486 e. The van der Waals surface area contributed by atoms with E-state index in [0.29, 0.717) is 37.2 Å². The van der Waals surface area contributed by atoms with Gasteiger partial charge in [0.1, 0.15) is 30.0 Å². The lowest BCUT2D eigenvalue weighted by atomic mass is 9.84. The van der Waals surface area contributed by atoms with E-state index in [1.807, 2.05) is 35.2 Å². The van der Waals surface area contributed by atoms with Gasteiger partial charge >= 0.3 is 0 Å². The highest BCUT2D eigenvalue weighted by atomic mass is 19.1. The Morgan fingerprint density at radius 3 is 2.41 bits per heavy atom. The van der Waals surface area contributed by atoms with Gasteiger partial charge in [-0.05, 0) is 42.2 Å². The maximum atomic E-state index is 14.7. The van der Waals surface area contributed by atoms with Crippen LogP contribution in [-0.4, -0.2) is 18.2 Å². The number of benzene rings is 3. The number of ether oxygens (including phenoxy) is 1. The van der Waals surface area contributed by atoms with Crippen LogP contribution in [0.2, 0.25) is 0 Å². The maximum absolute atomic E-state index is 14.7. The van der Waals surface area contributed by atoms with Gasteiger partial charge in [0.25, 0.3) is 0 Å². The molecule has 0 spiro atoms. The summed E-state index contributed by atoms with van der Waals surface area (Å²) in [6, 6.07) is 17.7. The Hall–Kier alpha value is -3.71. The van der Waals surface area contributed by atoms with Gasteiger partial charge in [-0.2, -0.15) is 0 Å². The fraction of sp³-hybridized carbons (Fsp3) is 0.222. The highest BCUT2D eigenvalue weighted by Crippen LogP contribution is 2.34. The Morgan fingerprint density at radius 1 is 1.00 bits per heavy atom. The zero-order valence-electron chi connectivity index (χ0n) is 18.3. The third-order valence-corrected chi connectivity index (χ3v) is 6.36. The molecular weight excluding hydrogens is 440 g/mol. The van der Waals surface area contributed by atoms with Crippen molar-refractivity contribution in [1.29, 1.82) is 0 Å². The van der Waals surface area contributed by atoms with E-state index in [-0.39, 0.29) is 34.6 Å². The van der Waals surface area contributed by atoms with Crippen LogP contribution in [0.25, 0.3) is 11.0 Å². The van der Waals surface area contributed by atoms with Gasteiger partial charge in [-0.25, -0.2) is 8.78 Å². The van der Waals surface area contributed by atoms with Crippen molar-refractivity contribution in [3.63, 3.8) is 0 Å². The van der Waals surface area contributed by atoms with Crippen molar-refractivity contribution in [1.82, 2.24) is 0 Å². The number of nitrogens with zero attached hydrogens (tertiary/aromatic N) is 1. The standard InChI is InChI=1S/C27H23F2NO4/c28-20-8-6-19(7-9-20)27(32)10-12-30(13-11-27)23-17-34-24-15-25(22(29)14-21(24)26(23)31)33-16-18-4-2-1-3-5-18/h1-9,14-15,17,32H,10-13,16H2. The topological polar surface area (TPSA) is 62.9 Å². The molecule has 2 heterocycles. The second-order valence-electron chi connectivity index (χ2n) is 8.53. The highest BCUT2D eigenvalue weighted by molar-refractivity contribution is 5.81. The molecule has 1 aliphatic rings. The zero-order valence-corrected chi connectivity index (χ0v) is 18.3. The number of rotatable bonds is 5. The van der Waals surface area contributed by atoms with E-state index in [4.69, 9.17) is 9.15 Å². The van der Waals surface area contributed by atoms with Crippen LogP contribution < -0.4 is 15.1 Å². The number of hydrogen-bond donors (Lipinski definition) is 1. The molecule has 0 atom stereocenters. The van der Waals surface area contributed by atoms with Crippen LogP contribution in [-0.2, 0) is 12.2 Å². The lowest BCUT2D eigenvalue weighted by Crippen LogP contribution is -2.44. The van der Waals surface area contributed by atoms with Crippen LogP contribution in [0.4, 0.5) is 14.5 Å². The number of aliphatic hydroxyl groups is 1. The van der Waals surface area contributed by atoms with Crippen LogP contribution in [0.1, 0.15) is 24.0 Å². The van der Waals surface area contributed by atoms with Gasteiger partial charge in [-0.15, -0.1) is 0 Å². The first-order valence-corrected chi connectivity index (χ1v) is 11.1. The third-order valence-electron chi connectivity index (χ3n) is 6.36. The van der Waals surface area contributed by atoms with Crippen molar-refractivity contribution >= 4 is 16.7 Å². The first kappa shape index (κ1) is 22.1. The fourth-order valence-corrected chi connectivity index (χ4v) is 4.35. The van der Waals surface area contributed by atoms with E-state index in [1.54, 1.807) is 12.1 Å². The Kier molecular flexibility index (Phi) is 5.79. The monoisotopic (exact) mass is 463 g/mol. The fourth-order valence-electron chi connectivity index (χ4n) is 4.35. The third kappa shape index (κ3) is 4.26. The van der Waals surface area contributed by atoms with Gasteiger partial charge in [-0.3, -0.25) is 4.79 Å². The van der Waals surface area contributed by atoms with Crippen LogP contribution in [0, 0.1) is 11.6 Å². The van der Waals surface area contributed by atoms with E-state index < -0.39 is 11.4 Å². The molecule has 0 radical (unpaired) electrons. The molecule has 0 unspecified atom stereocenters. The first-order chi connectivity index (χ1) is 16.4. The summed E-state index contributed by atoms with van der Waals surface area (Å²) in [6.07, 6.45) is 2.08. The van der Waals surface area contributed by atoms with E-state index in [1.165, 1.54) is 24.5 Å². The Bertz CT molecular complexity index is 1360. The molecule has 4 aromatic rings. The molecule has 0 amide bonds. The number of hydrogen-bond acceptors (Lipinski definition) is 5. The quantitative estimate of drug-likeness (QED) is 0.444. The molecule has 34 heavy (non-hydrogen) atoms.